The molecule has 0 radical (unpaired) electrons. The summed E-state index contributed by atoms with van der Waals surface area (Å²) in [4.78, 5) is 41.6. The number of amides is 4. The number of halogens is 4. The summed E-state index contributed by atoms with van der Waals surface area (Å²) in [7, 11) is 0. The molecule has 1 aromatic heterocycles. The number of primary amides is 1. The van der Waals surface area contributed by atoms with Gasteiger partial charge in [0.2, 0.25) is 0 Å². The average molecular weight is 503 g/mol. The van der Waals surface area contributed by atoms with E-state index in [2.05, 4.69) is 15.6 Å². The van der Waals surface area contributed by atoms with E-state index in [-0.39, 0.29) is 22.9 Å². The first-order chi connectivity index (χ1) is 17.0. The van der Waals surface area contributed by atoms with Crippen molar-refractivity contribution >= 4 is 29.2 Å². The number of likely N-dealkylation sites (tertiary alicyclic amines) is 1. The summed E-state index contributed by atoms with van der Waals surface area (Å²) >= 11 is 0. The van der Waals surface area contributed by atoms with E-state index in [1.807, 2.05) is 0 Å². The predicted molar refractivity (Wildman–Crippen MR) is 124 cm³/mol. The fraction of sp³-hybridized carbons (Fsp3) is 0.208. The van der Waals surface area contributed by atoms with Crippen LogP contribution in [0.3, 0.4) is 0 Å². The lowest BCUT2D eigenvalue weighted by molar-refractivity contribution is -0.137. The molecule has 4 amide bonds. The fourth-order valence-corrected chi connectivity index (χ4v) is 3.98. The maximum absolute atomic E-state index is 13.9. The Hall–Kier alpha value is -4.35. The molecule has 0 unspecified atom stereocenters. The van der Waals surface area contributed by atoms with Crippen LogP contribution in [0.2, 0.25) is 0 Å². The number of aromatic amines is 1. The van der Waals surface area contributed by atoms with Gasteiger partial charge in [0.25, 0.3) is 11.8 Å². The molecule has 2 aromatic carbocycles. The molecule has 0 spiro atoms. The molecule has 3 aromatic rings. The van der Waals surface area contributed by atoms with E-state index in [4.69, 9.17) is 5.73 Å². The van der Waals surface area contributed by atoms with Crippen molar-refractivity contribution in [3.63, 3.8) is 0 Å². The highest BCUT2D eigenvalue weighted by atomic mass is 19.4. The first kappa shape index (κ1) is 24.8. The van der Waals surface area contributed by atoms with E-state index in [1.165, 1.54) is 30.5 Å². The molecule has 1 saturated heterocycles. The van der Waals surface area contributed by atoms with Crippen molar-refractivity contribution in [2.45, 2.75) is 19.0 Å². The highest BCUT2D eigenvalue weighted by Crippen LogP contribution is 2.32. The summed E-state index contributed by atoms with van der Waals surface area (Å²) in [6.07, 6.45) is -1.49. The number of rotatable bonds is 5. The minimum Gasteiger partial charge on any atom is -0.364 e. The van der Waals surface area contributed by atoms with E-state index in [0.29, 0.717) is 42.4 Å². The Balaban J connectivity index is 1.53. The SMILES string of the molecule is NC(=O)c1[nH]cc(C(=O)N2CCCC2)c1-c1ccc(NC(=O)Nc2cc(C(F)(F)F)ccc2F)cc1. The number of hydrogen-bond acceptors (Lipinski definition) is 3. The van der Waals surface area contributed by atoms with Crippen LogP contribution in [0, 0.1) is 5.82 Å². The molecule has 2 heterocycles. The van der Waals surface area contributed by atoms with Gasteiger partial charge in [-0.1, -0.05) is 12.1 Å². The zero-order valence-electron chi connectivity index (χ0n) is 18.7. The van der Waals surface area contributed by atoms with Crippen LogP contribution in [0.1, 0.15) is 39.3 Å². The summed E-state index contributed by atoms with van der Waals surface area (Å²) in [5.41, 5.74) is 5.09. The molecule has 0 aliphatic carbocycles. The van der Waals surface area contributed by atoms with Gasteiger partial charge in [-0.3, -0.25) is 9.59 Å². The molecule has 188 valence electrons. The highest BCUT2D eigenvalue weighted by Gasteiger charge is 2.31. The van der Waals surface area contributed by atoms with Crippen molar-refractivity contribution in [3.05, 3.63) is 71.3 Å². The van der Waals surface area contributed by atoms with Gasteiger partial charge < -0.3 is 26.3 Å². The summed E-state index contributed by atoms with van der Waals surface area (Å²) in [6, 6.07) is 6.70. The average Bonchev–Trinajstić information content (AvgIpc) is 3.50. The Morgan fingerprint density at radius 1 is 0.972 bits per heavy atom. The van der Waals surface area contributed by atoms with Crippen LogP contribution in [0.15, 0.2) is 48.7 Å². The summed E-state index contributed by atoms with van der Waals surface area (Å²) in [5, 5.41) is 4.45. The second-order valence-electron chi connectivity index (χ2n) is 8.16. The molecule has 0 atom stereocenters. The van der Waals surface area contributed by atoms with Crippen LogP contribution in [0.25, 0.3) is 11.1 Å². The molecule has 1 fully saturated rings. The molecule has 0 saturated carbocycles. The molecule has 5 N–H and O–H groups in total. The van der Waals surface area contributed by atoms with Gasteiger partial charge in [-0.05, 0) is 48.7 Å². The quantitative estimate of drug-likeness (QED) is 0.374. The van der Waals surface area contributed by atoms with Crippen molar-refractivity contribution < 1.29 is 31.9 Å². The zero-order chi connectivity index (χ0) is 26.0. The number of hydrogen-bond donors (Lipinski definition) is 4. The number of aromatic nitrogens is 1. The number of benzene rings is 2. The van der Waals surface area contributed by atoms with Crippen molar-refractivity contribution in [1.82, 2.24) is 9.88 Å². The Bertz CT molecular complexity index is 1310. The standard InChI is InChI=1S/C24H21F4N5O3/c25-17-8-5-14(24(26,27)28)11-18(17)32-23(36)31-15-6-3-13(4-7-15)19-16(12-30-20(19)21(29)34)22(35)33-9-1-2-10-33/h3-8,11-12,30H,1-2,9-10H2,(H2,29,34)(H2,31,32,36). The van der Waals surface area contributed by atoms with Gasteiger partial charge in [0, 0.05) is 30.5 Å². The van der Waals surface area contributed by atoms with Gasteiger partial charge in [-0.2, -0.15) is 13.2 Å². The van der Waals surface area contributed by atoms with Crippen LogP contribution >= 0.6 is 0 Å². The van der Waals surface area contributed by atoms with Crippen LogP contribution in [-0.2, 0) is 6.18 Å². The van der Waals surface area contributed by atoms with Crippen LogP contribution < -0.4 is 16.4 Å². The molecule has 12 heteroatoms. The highest BCUT2D eigenvalue weighted by molar-refractivity contribution is 6.08. The number of anilines is 2. The number of nitrogens with zero attached hydrogens (tertiary/aromatic N) is 1. The minimum absolute atomic E-state index is 0.0519. The monoisotopic (exact) mass is 503 g/mol. The summed E-state index contributed by atoms with van der Waals surface area (Å²) < 4.78 is 52.5. The Labute approximate surface area is 202 Å². The Morgan fingerprint density at radius 3 is 2.25 bits per heavy atom. The van der Waals surface area contributed by atoms with Crippen molar-refractivity contribution in [1.29, 1.82) is 0 Å². The third-order valence-electron chi connectivity index (χ3n) is 5.72. The first-order valence-corrected chi connectivity index (χ1v) is 10.9. The Morgan fingerprint density at radius 2 is 1.64 bits per heavy atom. The van der Waals surface area contributed by atoms with Crippen molar-refractivity contribution in [2.24, 2.45) is 5.73 Å². The van der Waals surface area contributed by atoms with E-state index < -0.39 is 35.2 Å². The molecular weight excluding hydrogens is 482 g/mol. The number of H-pyrrole nitrogens is 1. The topological polar surface area (TPSA) is 120 Å². The number of alkyl halides is 3. The smallest absolute Gasteiger partial charge is 0.364 e. The largest absolute Gasteiger partial charge is 0.416 e. The van der Waals surface area contributed by atoms with E-state index >= 15 is 0 Å². The Kier molecular flexibility index (Phi) is 6.69. The van der Waals surface area contributed by atoms with Crippen molar-refractivity contribution in [3.8, 4) is 11.1 Å². The molecule has 1 aliphatic rings. The number of nitrogens with two attached hydrogens (primary N) is 1. The van der Waals surface area contributed by atoms with E-state index in [9.17, 15) is 31.9 Å². The third kappa shape index (κ3) is 5.16. The minimum atomic E-state index is -4.70. The molecule has 8 nitrogen and oxygen atoms in total. The lowest BCUT2D eigenvalue weighted by Crippen LogP contribution is -2.27. The van der Waals surface area contributed by atoms with Gasteiger partial charge in [-0.15, -0.1) is 0 Å². The lowest BCUT2D eigenvalue weighted by Gasteiger charge is -2.16. The van der Waals surface area contributed by atoms with Crippen molar-refractivity contribution in [2.75, 3.05) is 23.7 Å². The number of nitrogens with one attached hydrogen (secondary N) is 3. The number of urea groups is 1. The zero-order valence-corrected chi connectivity index (χ0v) is 18.7. The number of carbonyl (C=O) groups excluding carboxylic acids is 3. The van der Waals surface area contributed by atoms with Gasteiger partial charge in [0.1, 0.15) is 11.5 Å². The molecule has 36 heavy (non-hydrogen) atoms. The van der Waals surface area contributed by atoms with Crippen LogP contribution in [0.5, 0.6) is 0 Å². The second-order valence-corrected chi connectivity index (χ2v) is 8.16. The lowest BCUT2D eigenvalue weighted by atomic mass is 10.00. The molecular formula is C24H21F4N5O3. The number of carbonyl (C=O) groups is 3. The third-order valence-corrected chi connectivity index (χ3v) is 5.72. The van der Waals surface area contributed by atoms with Gasteiger partial charge in [0.15, 0.2) is 0 Å². The van der Waals surface area contributed by atoms with Gasteiger partial charge in [-0.25, -0.2) is 9.18 Å². The first-order valence-electron chi connectivity index (χ1n) is 10.9. The van der Waals surface area contributed by atoms with Gasteiger partial charge in [0.05, 0.1) is 16.8 Å². The molecule has 1 aliphatic heterocycles. The second kappa shape index (κ2) is 9.72. The van der Waals surface area contributed by atoms with Crippen LogP contribution in [-0.4, -0.2) is 40.8 Å². The van der Waals surface area contributed by atoms with E-state index in [0.717, 1.165) is 12.8 Å². The van der Waals surface area contributed by atoms with Gasteiger partial charge >= 0.3 is 12.2 Å². The summed E-state index contributed by atoms with van der Waals surface area (Å²) in [5.74, 6) is -2.03. The molecule has 0 bridgehead atoms. The fourth-order valence-electron chi connectivity index (χ4n) is 3.98. The van der Waals surface area contributed by atoms with E-state index in [1.54, 1.807) is 4.90 Å². The summed E-state index contributed by atoms with van der Waals surface area (Å²) in [6.45, 7) is 1.22. The molecule has 4 rings (SSSR count). The van der Waals surface area contributed by atoms with Crippen LogP contribution in [0.4, 0.5) is 33.7 Å². The predicted octanol–water partition coefficient (Wildman–Crippen LogP) is 4.82. The maximum atomic E-state index is 13.9. The normalized spacial score (nSPS) is 13.5. The maximum Gasteiger partial charge on any atom is 0.416 e.